The van der Waals surface area contributed by atoms with Crippen LogP contribution in [0.15, 0.2) is 0 Å². The molecule has 0 aromatic rings. The van der Waals surface area contributed by atoms with E-state index < -0.39 is 0 Å². The Morgan fingerprint density at radius 3 is 1.29 bits per heavy atom. The third-order valence-electron chi connectivity index (χ3n) is 3.60. The summed E-state index contributed by atoms with van der Waals surface area (Å²) in [6.07, 6.45) is 11.9. The zero-order chi connectivity index (χ0) is 19.5. The Balaban J connectivity index is -0.0000000857. The van der Waals surface area contributed by atoms with E-state index in [1.54, 1.807) is 0 Å². The normalized spacial score (nSPS) is 13.8. The molecule has 2 amide bonds. The van der Waals surface area contributed by atoms with Crippen molar-refractivity contribution in [2.24, 2.45) is 17.4 Å². The quantitative estimate of drug-likeness (QED) is 0.221. The fraction of sp³-hybridized carbons (Fsp3) is 0.737. The molecule has 170 valence electrons. The van der Waals surface area contributed by atoms with E-state index in [4.69, 9.17) is 11.6 Å². The van der Waals surface area contributed by atoms with Crippen molar-refractivity contribution in [3.05, 3.63) is 14.9 Å². The van der Waals surface area contributed by atoms with Crippen molar-refractivity contribution in [2.75, 3.05) is 13.3 Å². The Kier molecular flexibility index (Phi) is 38.8. The number of nitrogens with one attached hydrogen (secondary N) is 2. The van der Waals surface area contributed by atoms with Crippen LogP contribution in [0.5, 0.6) is 0 Å². The summed E-state index contributed by atoms with van der Waals surface area (Å²) < 4.78 is 0. The van der Waals surface area contributed by atoms with Gasteiger partial charge >= 0.3 is 17.1 Å². The van der Waals surface area contributed by atoms with Crippen LogP contribution in [0.2, 0.25) is 0 Å². The van der Waals surface area contributed by atoms with Crippen molar-refractivity contribution < 1.29 is 31.5 Å². The van der Waals surface area contributed by atoms with Gasteiger partial charge in [0, 0.05) is 26.4 Å². The van der Waals surface area contributed by atoms with Crippen LogP contribution in [-0.4, -0.2) is 30.4 Å². The molecule has 0 aromatic heterocycles. The van der Waals surface area contributed by atoms with Crippen LogP contribution in [0, 0.1) is 20.8 Å². The van der Waals surface area contributed by atoms with Crippen molar-refractivity contribution in [1.82, 2.24) is 10.6 Å². The molecule has 7 nitrogen and oxygen atoms in total. The monoisotopic (exact) mass is 464 g/mol. The molecule has 0 heterocycles. The van der Waals surface area contributed by atoms with E-state index in [-0.39, 0.29) is 68.2 Å². The first-order valence-corrected chi connectivity index (χ1v) is 9.31. The van der Waals surface area contributed by atoms with Crippen molar-refractivity contribution in [3.63, 3.8) is 0 Å². The number of hydrogen-bond acceptors (Lipinski definition) is 5. The van der Waals surface area contributed by atoms with Gasteiger partial charge in [0.1, 0.15) is 0 Å². The Bertz CT molecular complexity index is 343. The van der Waals surface area contributed by atoms with E-state index in [9.17, 15) is 14.4 Å². The van der Waals surface area contributed by atoms with E-state index in [0.717, 1.165) is 12.8 Å². The van der Waals surface area contributed by atoms with E-state index in [2.05, 4.69) is 22.1 Å². The van der Waals surface area contributed by atoms with Gasteiger partial charge in [0.2, 0.25) is 17.1 Å². The molecule has 0 spiro atoms. The van der Waals surface area contributed by atoms with Crippen molar-refractivity contribution >= 4 is 28.7 Å². The van der Waals surface area contributed by atoms with Crippen LogP contribution in [0.25, 0.3) is 0 Å². The SMILES string of the molecule is C1CCCC1.CC(=O)NCNC(C)=O.NCN.O=C(Cl)C1CCCC1.[CH3-].[CH3-].[Fe+2]. The molecule has 0 saturated heterocycles. The molecule has 9 heteroatoms. The van der Waals surface area contributed by atoms with Crippen LogP contribution in [-0.2, 0) is 31.5 Å². The fourth-order valence-electron chi connectivity index (χ4n) is 2.33. The summed E-state index contributed by atoms with van der Waals surface area (Å²) >= 11 is 5.25. The molecule has 0 atom stereocenters. The number of carbonyl (C=O) groups excluding carboxylic acids is 3. The smallest absolute Gasteiger partial charge is 0.358 e. The Morgan fingerprint density at radius 2 is 1.11 bits per heavy atom. The zero-order valence-electron chi connectivity index (χ0n) is 18.0. The van der Waals surface area contributed by atoms with Gasteiger partial charge in [-0.3, -0.25) is 14.4 Å². The van der Waals surface area contributed by atoms with Crippen molar-refractivity contribution in [2.45, 2.75) is 71.6 Å². The predicted octanol–water partition coefficient (Wildman–Crippen LogP) is 2.87. The number of carbonyl (C=O) groups is 3. The van der Waals surface area contributed by atoms with Crippen molar-refractivity contribution in [1.29, 1.82) is 0 Å². The standard InChI is InChI=1S/C6H9ClO.C5H10N2O2.C5H10.CH6N2.2CH3.Fe/c7-6(8)5-3-1-2-4-5;1-4(8)6-3-7-5(2)9;1-2-4-5-3-1;2-1-3;;;/h5H,1-4H2;3H2,1-2H3,(H,6,8)(H,7,9);1-5H2;1-3H2;2*1H3;/q;;;;2*-1;+2. The third-order valence-corrected chi connectivity index (χ3v) is 3.91. The maximum atomic E-state index is 10.4. The van der Waals surface area contributed by atoms with Gasteiger partial charge in [0.15, 0.2) is 0 Å². The average molecular weight is 465 g/mol. The van der Waals surface area contributed by atoms with Gasteiger partial charge in [-0.1, -0.05) is 44.9 Å². The molecule has 6 N–H and O–H groups in total. The second-order valence-electron chi connectivity index (χ2n) is 5.93. The first-order chi connectivity index (χ1) is 11.8. The van der Waals surface area contributed by atoms with Gasteiger partial charge < -0.3 is 37.0 Å². The summed E-state index contributed by atoms with van der Waals surface area (Å²) in [4.78, 5) is 30.7. The molecule has 2 aliphatic carbocycles. The summed E-state index contributed by atoms with van der Waals surface area (Å²) in [7, 11) is 0. The Labute approximate surface area is 187 Å². The minimum atomic E-state index is -0.149. The molecular weight excluding hydrogens is 424 g/mol. The van der Waals surface area contributed by atoms with Crippen LogP contribution >= 0.6 is 11.6 Å². The summed E-state index contributed by atoms with van der Waals surface area (Å²) in [6, 6.07) is 0. The molecule has 28 heavy (non-hydrogen) atoms. The van der Waals surface area contributed by atoms with Gasteiger partial charge in [-0.05, 0) is 24.4 Å². The Hall–Kier alpha value is -0.661. The van der Waals surface area contributed by atoms with Crippen LogP contribution in [0.4, 0.5) is 0 Å². The minimum absolute atomic E-state index is 0. The van der Waals surface area contributed by atoms with E-state index in [1.807, 2.05) is 0 Å². The molecule has 2 aliphatic rings. The molecule has 0 bridgehead atoms. The maximum Gasteiger partial charge on any atom is 2.00 e. The van der Waals surface area contributed by atoms with Crippen LogP contribution in [0.3, 0.4) is 0 Å². The van der Waals surface area contributed by atoms with Gasteiger partial charge in [0.05, 0.1) is 6.67 Å². The first kappa shape index (κ1) is 38.0. The van der Waals surface area contributed by atoms with Crippen LogP contribution < -0.4 is 22.1 Å². The predicted molar refractivity (Wildman–Crippen MR) is 114 cm³/mol. The topological polar surface area (TPSA) is 127 Å². The minimum Gasteiger partial charge on any atom is -0.358 e. The van der Waals surface area contributed by atoms with E-state index >= 15 is 0 Å². The second kappa shape index (κ2) is 28.5. The van der Waals surface area contributed by atoms with E-state index in [0.29, 0.717) is 0 Å². The van der Waals surface area contributed by atoms with E-state index in [1.165, 1.54) is 58.8 Å². The summed E-state index contributed by atoms with van der Waals surface area (Å²) in [5.74, 6) is -0.107. The van der Waals surface area contributed by atoms with Gasteiger partial charge in [-0.25, -0.2) is 0 Å². The summed E-state index contributed by atoms with van der Waals surface area (Å²) in [5, 5.41) is 4.68. The van der Waals surface area contributed by atoms with Gasteiger partial charge in [0.25, 0.3) is 0 Å². The number of rotatable bonds is 3. The molecule has 0 radical (unpaired) electrons. The van der Waals surface area contributed by atoms with Crippen molar-refractivity contribution in [3.8, 4) is 0 Å². The molecule has 2 fully saturated rings. The fourth-order valence-corrected chi connectivity index (χ4v) is 2.55. The van der Waals surface area contributed by atoms with Crippen LogP contribution in [0.1, 0.15) is 71.6 Å². The largest absolute Gasteiger partial charge is 2.00 e. The molecule has 0 unspecified atom stereocenters. The Morgan fingerprint density at radius 1 is 0.821 bits per heavy atom. The van der Waals surface area contributed by atoms with Gasteiger partial charge in [-0.15, -0.1) is 0 Å². The third kappa shape index (κ3) is 33.0. The number of halogens is 1. The number of amides is 2. The molecule has 2 rings (SSSR count). The first-order valence-electron chi connectivity index (χ1n) is 8.93. The van der Waals surface area contributed by atoms with Gasteiger partial charge in [-0.2, -0.15) is 0 Å². The second-order valence-corrected chi connectivity index (χ2v) is 6.30. The zero-order valence-corrected chi connectivity index (χ0v) is 19.8. The number of nitrogens with two attached hydrogens (primary N) is 2. The summed E-state index contributed by atoms with van der Waals surface area (Å²) in [5.41, 5.74) is 9.25. The average Bonchev–Trinajstić information content (AvgIpc) is 3.25. The summed E-state index contributed by atoms with van der Waals surface area (Å²) in [6.45, 7) is 3.24. The maximum absolute atomic E-state index is 10.4. The number of hydrogen-bond donors (Lipinski definition) is 4. The molecule has 0 aromatic carbocycles. The molecule has 0 aliphatic heterocycles. The molecular formula is C19H41ClFeN4O3. The molecule has 2 saturated carbocycles.